The Bertz CT molecular complexity index is 637. The summed E-state index contributed by atoms with van der Waals surface area (Å²) in [5.74, 6) is -3.20. The number of hydrogen-bond acceptors (Lipinski definition) is 6. The number of anilines is 1. The Morgan fingerprint density at radius 3 is 2.85 bits per heavy atom. The molecule has 0 N–H and O–H groups in total. The number of methoxy groups -OCH3 is 1. The fourth-order valence-corrected chi connectivity index (χ4v) is 2.80. The highest BCUT2D eigenvalue weighted by Gasteiger charge is 2.35. The molecule has 20 heavy (non-hydrogen) atoms. The quantitative estimate of drug-likeness (QED) is 0.742. The Hall–Kier alpha value is -1.84. The van der Waals surface area contributed by atoms with Gasteiger partial charge in [0.2, 0.25) is 5.91 Å². The number of aromatic nitrogens is 2. The van der Waals surface area contributed by atoms with Crippen molar-refractivity contribution in [1.82, 2.24) is 9.97 Å². The van der Waals surface area contributed by atoms with Crippen LogP contribution in [0.2, 0.25) is 0 Å². The van der Waals surface area contributed by atoms with Crippen molar-refractivity contribution in [1.29, 1.82) is 0 Å². The molecule has 0 radical (unpaired) electrons. The third-order valence-corrected chi connectivity index (χ3v) is 3.65. The van der Waals surface area contributed by atoms with Gasteiger partial charge in [-0.05, 0) is 0 Å². The number of rotatable bonds is 4. The van der Waals surface area contributed by atoms with Crippen molar-refractivity contribution >= 4 is 21.9 Å². The fourth-order valence-electron chi connectivity index (χ4n) is 2.01. The lowest BCUT2D eigenvalue weighted by molar-refractivity contribution is -0.117. The number of carbonyl (C=O) groups excluding carboxylic acids is 1. The number of halogens is 2. The number of ether oxygens (including phenoxy) is 1. The summed E-state index contributed by atoms with van der Waals surface area (Å²) in [5.41, 5.74) is 0. The Kier molecular flexibility index (Phi) is 3.84. The molecular formula is C10H11F2N3O4S. The van der Waals surface area contributed by atoms with Crippen LogP contribution in [-0.2, 0) is 15.0 Å². The van der Waals surface area contributed by atoms with Gasteiger partial charge >= 0.3 is 16.2 Å². The Morgan fingerprint density at radius 1 is 1.55 bits per heavy atom. The van der Waals surface area contributed by atoms with Gasteiger partial charge in [-0.2, -0.15) is 13.4 Å². The van der Waals surface area contributed by atoms with Crippen molar-refractivity contribution < 1.29 is 26.2 Å². The van der Waals surface area contributed by atoms with Crippen LogP contribution in [0.1, 0.15) is 6.42 Å². The topological polar surface area (TPSA) is 89.5 Å². The molecular weight excluding hydrogens is 296 g/mol. The molecule has 1 aliphatic heterocycles. The smallest absolute Gasteiger partial charge is 0.318 e. The van der Waals surface area contributed by atoms with Crippen molar-refractivity contribution in [3.63, 3.8) is 0 Å². The fraction of sp³-hybridized carbons (Fsp3) is 0.500. The Morgan fingerprint density at radius 2 is 2.25 bits per heavy atom. The zero-order valence-corrected chi connectivity index (χ0v) is 11.2. The van der Waals surface area contributed by atoms with Gasteiger partial charge in [0.05, 0.1) is 19.1 Å². The lowest BCUT2D eigenvalue weighted by Crippen LogP contribution is -2.27. The highest BCUT2D eigenvalue weighted by atomic mass is 32.3. The molecule has 2 heterocycles. The largest absolute Gasteiger partial charge is 0.467 e. The van der Waals surface area contributed by atoms with E-state index in [0.717, 1.165) is 11.1 Å². The molecule has 1 atom stereocenters. The molecule has 110 valence electrons. The van der Waals surface area contributed by atoms with Crippen LogP contribution in [0.5, 0.6) is 6.01 Å². The number of hydrogen-bond donors (Lipinski definition) is 0. The lowest BCUT2D eigenvalue weighted by atomic mass is 10.1. The average molecular weight is 307 g/mol. The summed E-state index contributed by atoms with van der Waals surface area (Å²) in [6.07, 6.45) is 0.655. The van der Waals surface area contributed by atoms with Gasteiger partial charge in [0.15, 0.2) is 11.6 Å². The summed E-state index contributed by atoms with van der Waals surface area (Å²) < 4.78 is 52.2. The van der Waals surface area contributed by atoms with E-state index >= 15 is 0 Å². The van der Waals surface area contributed by atoms with Crippen LogP contribution in [0.3, 0.4) is 0 Å². The molecule has 0 aromatic carbocycles. The van der Waals surface area contributed by atoms with E-state index in [1.54, 1.807) is 0 Å². The van der Waals surface area contributed by atoms with Crippen LogP contribution in [0.15, 0.2) is 6.20 Å². The van der Waals surface area contributed by atoms with Crippen molar-refractivity contribution in [2.45, 2.75) is 6.42 Å². The molecule has 1 aromatic rings. The molecule has 10 heteroatoms. The summed E-state index contributed by atoms with van der Waals surface area (Å²) >= 11 is 0. The molecule has 1 unspecified atom stereocenters. The minimum atomic E-state index is -4.69. The van der Waals surface area contributed by atoms with E-state index in [0.29, 0.717) is 0 Å². The molecule has 0 saturated carbocycles. The molecule has 1 saturated heterocycles. The van der Waals surface area contributed by atoms with E-state index < -0.39 is 33.6 Å². The number of amides is 1. The molecule has 1 aromatic heterocycles. The lowest BCUT2D eigenvalue weighted by Gasteiger charge is -2.16. The SMILES string of the molecule is COc1ncc(F)c(N2CC(CS(=O)(=O)F)CC2=O)n1. The van der Waals surface area contributed by atoms with Gasteiger partial charge in [-0.3, -0.25) is 9.69 Å². The molecule has 1 amide bonds. The predicted molar refractivity (Wildman–Crippen MR) is 63.9 cm³/mol. The predicted octanol–water partition coefficient (Wildman–Crippen LogP) is 0.276. The summed E-state index contributed by atoms with van der Waals surface area (Å²) in [6.45, 7) is -0.126. The van der Waals surface area contributed by atoms with Crippen LogP contribution >= 0.6 is 0 Å². The van der Waals surface area contributed by atoms with E-state index in [-0.39, 0.29) is 24.8 Å². The maximum absolute atomic E-state index is 13.6. The number of carbonyl (C=O) groups is 1. The Balaban J connectivity index is 2.24. The normalized spacial score (nSPS) is 19.4. The van der Waals surface area contributed by atoms with Crippen LogP contribution in [0, 0.1) is 11.7 Å². The first-order valence-corrected chi connectivity index (χ1v) is 7.14. The minimum Gasteiger partial charge on any atom is -0.467 e. The van der Waals surface area contributed by atoms with Crippen LogP contribution in [0.25, 0.3) is 0 Å². The molecule has 0 spiro atoms. The second kappa shape index (κ2) is 5.27. The standard InChI is InChI=1S/C10H11F2N3O4S/c1-19-10-13-3-7(11)9(14-10)15-4-6(2-8(15)16)5-20(12,17)18/h3,6H,2,4-5H2,1H3. The van der Waals surface area contributed by atoms with Crippen LogP contribution in [-0.4, -0.2) is 43.7 Å². The van der Waals surface area contributed by atoms with Gasteiger partial charge in [0.1, 0.15) is 0 Å². The maximum Gasteiger partial charge on any atom is 0.318 e. The molecule has 0 aliphatic carbocycles. The molecule has 0 bridgehead atoms. The van der Waals surface area contributed by atoms with E-state index in [2.05, 4.69) is 9.97 Å². The molecule has 2 rings (SSSR count). The van der Waals surface area contributed by atoms with Crippen LogP contribution in [0.4, 0.5) is 14.1 Å². The highest BCUT2D eigenvalue weighted by Crippen LogP contribution is 2.27. The average Bonchev–Trinajstić information content (AvgIpc) is 2.68. The van der Waals surface area contributed by atoms with E-state index in [1.807, 2.05) is 0 Å². The minimum absolute atomic E-state index is 0.126. The van der Waals surface area contributed by atoms with E-state index in [9.17, 15) is 21.5 Å². The summed E-state index contributed by atoms with van der Waals surface area (Å²) in [5, 5.41) is 0. The van der Waals surface area contributed by atoms with Crippen molar-refractivity contribution in [3.8, 4) is 6.01 Å². The van der Waals surface area contributed by atoms with Gasteiger partial charge in [-0.15, -0.1) is 3.89 Å². The van der Waals surface area contributed by atoms with E-state index in [4.69, 9.17) is 4.74 Å². The summed E-state index contributed by atoms with van der Waals surface area (Å²) in [4.78, 5) is 20.0. The zero-order chi connectivity index (χ0) is 14.9. The highest BCUT2D eigenvalue weighted by molar-refractivity contribution is 7.86. The van der Waals surface area contributed by atoms with Crippen molar-refractivity contribution in [3.05, 3.63) is 12.0 Å². The van der Waals surface area contributed by atoms with Crippen molar-refractivity contribution in [2.75, 3.05) is 24.3 Å². The Labute approximate surface area is 113 Å². The molecule has 1 aliphatic rings. The zero-order valence-electron chi connectivity index (χ0n) is 10.4. The third-order valence-electron chi connectivity index (χ3n) is 2.78. The number of nitrogens with zero attached hydrogens (tertiary/aromatic N) is 3. The second-order valence-corrected chi connectivity index (χ2v) is 5.72. The van der Waals surface area contributed by atoms with Crippen molar-refractivity contribution in [2.24, 2.45) is 5.92 Å². The first-order valence-electron chi connectivity index (χ1n) is 5.59. The molecule has 1 fully saturated rings. The summed E-state index contributed by atoms with van der Waals surface area (Å²) in [6, 6.07) is -0.129. The van der Waals surface area contributed by atoms with Gasteiger partial charge < -0.3 is 4.74 Å². The first kappa shape index (κ1) is 14.6. The van der Waals surface area contributed by atoms with E-state index in [1.165, 1.54) is 7.11 Å². The van der Waals surface area contributed by atoms with Gasteiger partial charge in [-0.1, -0.05) is 0 Å². The third kappa shape index (κ3) is 3.18. The second-order valence-electron chi connectivity index (χ2n) is 4.31. The summed E-state index contributed by atoms with van der Waals surface area (Å²) in [7, 11) is -3.41. The molecule has 7 nitrogen and oxygen atoms in total. The monoisotopic (exact) mass is 307 g/mol. The maximum atomic E-state index is 13.6. The van der Waals surface area contributed by atoms with Crippen LogP contribution < -0.4 is 9.64 Å². The van der Waals surface area contributed by atoms with Gasteiger partial charge in [-0.25, -0.2) is 9.37 Å². The first-order chi connectivity index (χ1) is 9.30. The van der Waals surface area contributed by atoms with Gasteiger partial charge in [0.25, 0.3) is 0 Å². The van der Waals surface area contributed by atoms with Gasteiger partial charge in [0, 0.05) is 18.9 Å².